The lowest BCUT2D eigenvalue weighted by atomic mass is 9.89. The van der Waals surface area contributed by atoms with Crippen LogP contribution in [0.1, 0.15) is 57.3 Å². The molecule has 1 unspecified atom stereocenters. The number of rotatable bonds is 17. The summed E-state index contributed by atoms with van der Waals surface area (Å²) in [5.41, 5.74) is 13.3. The standard InChI is InChI=1S/C47H46ClN5O6/c1-28-34(27-59-45-19-44(58-26-31-13-30(20-49)21-50-22-31)36(17-43(45)48)23-51-25-39(54)18-47(56)57)5-3-7-41(28)42-8-4-6-40(29(42)2)33-10-9-32-15-38(16-35(32)14-33)52-24-37-11-12-46(55)53-37/h3-11,13-14,17,19,21-22,38-39,51-52,54H,12,15-16,18,23-27H2,1-2H3,(H,53,55)(H,56,57)/t38?,39-/m0/s1. The highest BCUT2D eigenvalue weighted by Gasteiger charge is 2.23. The van der Waals surface area contributed by atoms with E-state index in [9.17, 15) is 20.0 Å². The molecule has 1 aliphatic carbocycles. The summed E-state index contributed by atoms with van der Waals surface area (Å²) in [6.07, 6.45) is 5.98. The van der Waals surface area contributed by atoms with Crippen LogP contribution in [0, 0.1) is 25.2 Å². The fraction of sp³-hybridized carbons (Fsp3) is 0.277. The molecule has 1 aromatic heterocycles. The van der Waals surface area contributed by atoms with Crippen molar-refractivity contribution < 1.29 is 29.3 Å². The zero-order chi connectivity index (χ0) is 41.5. The van der Waals surface area contributed by atoms with Crippen LogP contribution in [0.4, 0.5) is 0 Å². The molecule has 0 fully saturated rings. The summed E-state index contributed by atoms with van der Waals surface area (Å²) in [6.45, 7) is 5.61. The Balaban J connectivity index is 1.06. The third-order valence-electron chi connectivity index (χ3n) is 10.9. The molecule has 0 saturated carbocycles. The van der Waals surface area contributed by atoms with E-state index in [0.717, 1.165) is 40.8 Å². The van der Waals surface area contributed by atoms with E-state index in [1.165, 1.54) is 34.0 Å². The summed E-state index contributed by atoms with van der Waals surface area (Å²) in [7, 11) is 0. The summed E-state index contributed by atoms with van der Waals surface area (Å²) >= 11 is 6.79. The SMILES string of the molecule is Cc1c(COc2cc(OCc3cncc(C#N)c3)c(CNC[C@@H](O)CC(=O)O)cc2Cl)cccc1-c1cccc(-c2ccc3c(c2)CC(NCC2=CCC(=O)N2)C3)c1C. The van der Waals surface area contributed by atoms with Crippen LogP contribution in [0.5, 0.6) is 11.5 Å². The number of carbonyl (C=O) groups is 2. The highest BCUT2D eigenvalue weighted by molar-refractivity contribution is 6.32. The number of nitriles is 1. The van der Waals surface area contributed by atoms with Crippen LogP contribution in [0.25, 0.3) is 22.3 Å². The molecule has 1 amide bonds. The van der Waals surface area contributed by atoms with Crippen molar-refractivity contribution in [3.8, 4) is 39.8 Å². The van der Waals surface area contributed by atoms with Gasteiger partial charge in [-0.05, 0) is 88.9 Å². The Hall–Kier alpha value is -6.03. The number of aliphatic hydroxyl groups is 1. The van der Waals surface area contributed by atoms with E-state index in [0.29, 0.717) is 52.2 Å². The fourth-order valence-corrected chi connectivity index (χ4v) is 7.96. The van der Waals surface area contributed by atoms with Gasteiger partial charge in [0.2, 0.25) is 5.91 Å². The van der Waals surface area contributed by atoms with E-state index in [4.69, 9.17) is 26.2 Å². The lowest BCUT2D eigenvalue weighted by molar-refractivity contribution is -0.139. The number of carbonyl (C=O) groups excluding carboxylic acids is 1. The van der Waals surface area contributed by atoms with Gasteiger partial charge in [0, 0.05) is 67.4 Å². The van der Waals surface area contributed by atoms with E-state index in [1.807, 2.05) is 18.2 Å². The van der Waals surface area contributed by atoms with Crippen LogP contribution < -0.4 is 25.4 Å². The highest BCUT2D eigenvalue weighted by Crippen LogP contribution is 2.38. The summed E-state index contributed by atoms with van der Waals surface area (Å²) in [4.78, 5) is 26.7. The third-order valence-corrected chi connectivity index (χ3v) is 11.2. The monoisotopic (exact) mass is 811 g/mol. The number of pyridine rings is 1. The number of carboxylic acids is 1. The predicted octanol–water partition coefficient (Wildman–Crippen LogP) is 7.10. The molecule has 4 aromatic carbocycles. The molecule has 2 atom stereocenters. The van der Waals surface area contributed by atoms with Gasteiger partial charge in [-0.1, -0.05) is 72.3 Å². The van der Waals surface area contributed by atoms with Gasteiger partial charge in [0.1, 0.15) is 30.8 Å². The summed E-state index contributed by atoms with van der Waals surface area (Å²) in [5.74, 6) is -0.144. The van der Waals surface area contributed by atoms with Crippen molar-refractivity contribution in [1.29, 1.82) is 5.26 Å². The number of hydrogen-bond acceptors (Lipinski definition) is 9. The minimum absolute atomic E-state index is 0.0546. The fourth-order valence-electron chi connectivity index (χ4n) is 7.72. The van der Waals surface area contributed by atoms with Crippen LogP contribution >= 0.6 is 11.6 Å². The molecule has 1 aliphatic heterocycles. The second-order valence-corrected chi connectivity index (χ2v) is 15.5. The zero-order valence-corrected chi connectivity index (χ0v) is 33.7. The first-order chi connectivity index (χ1) is 28.5. The van der Waals surface area contributed by atoms with Crippen molar-refractivity contribution >= 4 is 23.5 Å². The number of hydrogen-bond donors (Lipinski definition) is 5. The number of ether oxygens (including phenoxy) is 2. The second kappa shape index (κ2) is 18.7. The largest absolute Gasteiger partial charge is 0.488 e. The number of halogens is 1. The number of nitrogens with one attached hydrogen (secondary N) is 3. The van der Waals surface area contributed by atoms with Crippen LogP contribution in [0.2, 0.25) is 5.02 Å². The quantitative estimate of drug-likeness (QED) is 0.0654. The first-order valence-corrected chi connectivity index (χ1v) is 20.0. The minimum atomic E-state index is -1.09. The summed E-state index contributed by atoms with van der Waals surface area (Å²) in [5, 5.41) is 38.4. The van der Waals surface area contributed by atoms with Gasteiger partial charge in [-0.3, -0.25) is 14.6 Å². The number of aliphatic carboxylic acids is 1. The maximum absolute atomic E-state index is 11.6. The lowest BCUT2D eigenvalue weighted by Crippen LogP contribution is -2.34. The number of nitrogens with zero attached hydrogens (tertiary/aromatic N) is 2. The average molecular weight is 812 g/mol. The van der Waals surface area contributed by atoms with Gasteiger partial charge >= 0.3 is 5.97 Å². The maximum Gasteiger partial charge on any atom is 0.306 e. The zero-order valence-electron chi connectivity index (χ0n) is 33.0. The number of benzene rings is 4. The second-order valence-electron chi connectivity index (χ2n) is 15.1. The van der Waals surface area contributed by atoms with Crippen molar-refractivity contribution in [1.82, 2.24) is 20.9 Å². The number of fused-ring (bicyclic) bond motifs is 1. The Morgan fingerprint density at radius 1 is 0.932 bits per heavy atom. The smallest absolute Gasteiger partial charge is 0.306 e. The Labute approximate surface area is 348 Å². The van der Waals surface area contributed by atoms with Gasteiger partial charge in [-0.25, -0.2) is 0 Å². The van der Waals surface area contributed by atoms with E-state index in [2.05, 4.69) is 83.3 Å². The molecule has 7 rings (SSSR count). The van der Waals surface area contributed by atoms with E-state index in [-0.39, 0.29) is 38.6 Å². The van der Waals surface area contributed by atoms with Crippen LogP contribution in [-0.2, 0) is 42.2 Å². The number of aliphatic hydroxyl groups excluding tert-OH is 1. The molecule has 11 nitrogen and oxygen atoms in total. The van der Waals surface area contributed by atoms with Crippen molar-refractivity contribution in [3.63, 3.8) is 0 Å². The summed E-state index contributed by atoms with van der Waals surface area (Å²) in [6, 6.07) is 27.0. The molecule has 5 N–H and O–H groups in total. The van der Waals surface area contributed by atoms with Crippen molar-refractivity contribution in [2.75, 3.05) is 13.1 Å². The van der Waals surface area contributed by atoms with E-state index >= 15 is 0 Å². The normalized spacial score (nSPS) is 14.9. The molecule has 2 heterocycles. The Kier molecular flexibility index (Phi) is 13.0. The van der Waals surface area contributed by atoms with Crippen LogP contribution in [0.15, 0.2) is 97.0 Å². The molecule has 0 saturated heterocycles. The number of carboxylic acid groups (broad SMARTS) is 1. The third kappa shape index (κ3) is 10.2. The van der Waals surface area contributed by atoms with Gasteiger partial charge < -0.3 is 35.6 Å². The Bertz CT molecular complexity index is 2460. The van der Waals surface area contributed by atoms with Gasteiger partial charge in [-0.15, -0.1) is 0 Å². The van der Waals surface area contributed by atoms with Crippen LogP contribution in [-0.4, -0.2) is 52.3 Å². The predicted molar refractivity (Wildman–Crippen MR) is 226 cm³/mol. The average Bonchev–Trinajstić information content (AvgIpc) is 3.84. The summed E-state index contributed by atoms with van der Waals surface area (Å²) < 4.78 is 12.6. The topological polar surface area (TPSA) is 166 Å². The number of amides is 1. The molecule has 0 spiro atoms. The van der Waals surface area contributed by atoms with Crippen molar-refractivity contribution in [2.45, 2.75) is 71.4 Å². The molecular formula is C47H46ClN5O6. The minimum Gasteiger partial charge on any atom is -0.488 e. The van der Waals surface area contributed by atoms with Crippen molar-refractivity contribution in [3.05, 3.63) is 146 Å². The first-order valence-electron chi connectivity index (χ1n) is 19.6. The molecular weight excluding hydrogens is 766 g/mol. The molecule has 0 radical (unpaired) electrons. The van der Waals surface area contributed by atoms with Gasteiger partial charge in [0.25, 0.3) is 0 Å². The van der Waals surface area contributed by atoms with Gasteiger partial charge in [0.15, 0.2) is 0 Å². The van der Waals surface area contributed by atoms with E-state index in [1.54, 1.807) is 24.4 Å². The maximum atomic E-state index is 11.6. The molecule has 5 aromatic rings. The number of aromatic nitrogens is 1. The molecule has 59 heavy (non-hydrogen) atoms. The molecule has 302 valence electrons. The van der Waals surface area contributed by atoms with E-state index < -0.39 is 12.1 Å². The lowest BCUT2D eigenvalue weighted by Gasteiger charge is -2.19. The Morgan fingerprint density at radius 2 is 1.69 bits per heavy atom. The van der Waals surface area contributed by atoms with Gasteiger partial charge in [0.05, 0.1) is 23.1 Å². The highest BCUT2D eigenvalue weighted by atomic mass is 35.5. The Morgan fingerprint density at radius 3 is 2.47 bits per heavy atom. The van der Waals surface area contributed by atoms with Crippen LogP contribution in [0.3, 0.4) is 0 Å². The molecule has 2 aliphatic rings. The first kappa shape index (κ1) is 41.1. The van der Waals surface area contributed by atoms with Gasteiger partial charge in [-0.2, -0.15) is 5.26 Å². The molecule has 12 heteroatoms. The van der Waals surface area contributed by atoms with Crippen molar-refractivity contribution in [2.24, 2.45) is 0 Å². The molecule has 0 bridgehead atoms.